The SMILES string of the molecule is CN(C(=O)c1csc(-c2cccc(C(F)(F)F)c2)n1)[C@@H]1[C@@H]2CCO[C@H]2C1(C)C. The minimum Gasteiger partial charge on any atom is -0.377 e. The van der Waals surface area contributed by atoms with Gasteiger partial charge in [0.25, 0.3) is 5.91 Å². The molecule has 1 aromatic carbocycles. The molecule has 3 atom stereocenters. The molecule has 1 aliphatic heterocycles. The van der Waals surface area contributed by atoms with Gasteiger partial charge in [-0.3, -0.25) is 4.79 Å². The fourth-order valence-electron chi connectivity index (χ4n) is 4.72. The Balaban J connectivity index is 1.55. The van der Waals surface area contributed by atoms with Crippen LogP contribution in [0.4, 0.5) is 13.2 Å². The van der Waals surface area contributed by atoms with E-state index in [0.717, 1.165) is 18.6 Å². The Bertz CT molecular complexity index is 909. The van der Waals surface area contributed by atoms with Gasteiger partial charge in [-0.05, 0) is 18.6 Å². The van der Waals surface area contributed by atoms with Crippen molar-refractivity contribution < 1.29 is 22.7 Å². The van der Waals surface area contributed by atoms with E-state index in [0.29, 0.717) is 23.1 Å². The van der Waals surface area contributed by atoms with E-state index in [4.69, 9.17) is 4.74 Å². The molecular weight excluding hydrogens is 389 g/mol. The number of ether oxygens (including phenoxy) is 1. The maximum Gasteiger partial charge on any atom is 0.416 e. The highest BCUT2D eigenvalue weighted by atomic mass is 32.1. The van der Waals surface area contributed by atoms with Crippen molar-refractivity contribution in [2.24, 2.45) is 11.3 Å². The summed E-state index contributed by atoms with van der Waals surface area (Å²) in [6.07, 6.45) is -3.31. The van der Waals surface area contributed by atoms with Crippen LogP contribution in [0.25, 0.3) is 10.6 Å². The van der Waals surface area contributed by atoms with Gasteiger partial charge in [-0.2, -0.15) is 13.2 Å². The van der Waals surface area contributed by atoms with Crippen LogP contribution in [-0.4, -0.2) is 41.6 Å². The van der Waals surface area contributed by atoms with Crippen molar-refractivity contribution in [3.05, 3.63) is 40.9 Å². The number of carbonyl (C=O) groups excluding carboxylic acids is 1. The van der Waals surface area contributed by atoms with E-state index < -0.39 is 11.7 Å². The molecule has 0 unspecified atom stereocenters. The normalized spacial score (nSPS) is 25.9. The highest BCUT2D eigenvalue weighted by Gasteiger charge is 2.61. The predicted octanol–water partition coefficient (Wildman–Crippen LogP) is 4.71. The van der Waals surface area contributed by atoms with Crippen LogP contribution in [0.2, 0.25) is 0 Å². The minimum absolute atomic E-state index is 0.0613. The second-order valence-corrected chi connectivity index (χ2v) is 8.90. The van der Waals surface area contributed by atoms with Crippen molar-refractivity contribution in [3.8, 4) is 10.6 Å². The second-order valence-electron chi connectivity index (χ2n) is 8.04. The van der Waals surface area contributed by atoms with Crippen molar-refractivity contribution in [3.63, 3.8) is 0 Å². The maximum atomic E-state index is 13.0. The first kappa shape index (κ1) is 19.4. The van der Waals surface area contributed by atoms with Crippen LogP contribution in [0, 0.1) is 11.3 Å². The number of hydrogen-bond acceptors (Lipinski definition) is 4. The van der Waals surface area contributed by atoms with E-state index in [1.54, 1.807) is 23.4 Å². The molecule has 0 spiro atoms. The Morgan fingerprint density at radius 1 is 1.36 bits per heavy atom. The van der Waals surface area contributed by atoms with Gasteiger partial charge in [-0.25, -0.2) is 4.98 Å². The molecule has 2 heterocycles. The molecule has 2 fully saturated rings. The topological polar surface area (TPSA) is 42.4 Å². The third-order valence-corrected chi connectivity index (χ3v) is 6.83. The molecular formula is C20H21F3N2O2S. The van der Waals surface area contributed by atoms with Gasteiger partial charge < -0.3 is 9.64 Å². The Kier molecular flexibility index (Phi) is 4.54. The van der Waals surface area contributed by atoms with Crippen LogP contribution in [0.15, 0.2) is 29.6 Å². The highest BCUT2D eigenvalue weighted by molar-refractivity contribution is 7.13. The number of carbonyl (C=O) groups is 1. The van der Waals surface area contributed by atoms with E-state index >= 15 is 0 Å². The molecule has 4 nitrogen and oxygen atoms in total. The number of alkyl halides is 3. The molecule has 0 radical (unpaired) electrons. The van der Waals surface area contributed by atoms with Crippen LogP contribution in [0.1, 0.15) is 36.3 Å². The quantitative estimate of drug-likeness (QED) is 0.736. The summed E-state index contributed by atoms with van der Waals surface area (Å²) in [7, 11) is 1.77. The number of nitrogens with zero attached hydrogens (tertiary/aromatic N) is 2. The van der Waals surface area contributed by atoms with Crippen molar-refractivity contribution in [2.75, 3.05) is 13.7 Å². The van der Waals surface area contributed by atoms with E-state index in [9.17, 15) is 18.0 Å². The maximum absolute atomic E-state index is 13.0. The van der Waals surface area contributed by atoms with Gasteiger partial charge in [0.1, 0.15) is 10.7 Å². The Labute approximate surface area is 165 Å². The average Bonchev–Trinajstić information content (AvgIpc) is 3.28. The van der Waals surface area contributed by atoms with Crippen LogP contribution in [0.3, 0.4) is 0 Å². The molecule has 8 heteroatoms. The number of thiazole rings is 1. The lowest BCUT2D eigenvalue weighted by molar-refractivity contribution is -0.139. The third kappa shape index (κ3) is 3.03. The molecule has 150 valence electrons. The number of hydrogen-bond donors (Lipinski definition) is 0. The fourth-order valence-corrected chi connectivity index (χ4v) is 5.51. The van der Waals surface area contributed by atoms with Crippen molar-refractivity contribution in [1.82, 2.24) is 9.88 Å². The van der Waals surface area contributed by atoms with Crippen molar-refractivity contribution >= 4 is 17.2 Å². The van der Waals surface area contributed by atoms with Crippen LogP contribution < -0.4 is 0 Å². The molecule has 2 aromatic rings. The number of aromatic nitrogens is 1. The van der Waals surface area contributed by atoms with Gasteiger partial charge in [-0.1, -0.05) is 26.0 Å². The summed E-state index contributed by atoms with van der Waals surface area (Å²) in [5, 5.41) is 2.01. The van der Waals surface area contributed by atoms with Gasteiger partial charge in [0.2, 0.25) is 0 Å². The smallest absolute Gasteiger partial charge is 0.377 e. The van der Waals surface area contributed by atoms with Crippen LogP contribution >= 0.6 is 11.3 Å². The molecule has 2 aliphatic rings. The molecule has 28 heavy (non-hydrogen) atoms. The number of benzene rings is 1. The first-order valence-corrected chi connectivity index (χ1v) is 10.0. The molecule has 0 N–H and O–H groups in total. The van der Waals surface area contributed by atoms with Crippen molar-refractivity contribution in [2.45, 2.75) is 38.6 Å². The summed E-state index contributed by atoms with van der Waals surface area (Å²) in [6.45, 7) is 4.92. The Morgan fingerprint density at radius 2 is 2.11 bits per heavy atom. The van der Waals surface area contributed by atoms with E-state index in [-0.39, 0.29) is 29.2 Å². The van der Waals surface area contributed by atoms with Gasteiger partial charge in [-0.15, -0.1) is 11.3 Å². The third-order valence-electron chi connectivity index (χ3n) is 5.94. The lowest BCUT2D eigenvalue weighted by Gasteiger charge is -2.57. The summed E-state index contributed by atoms with van der Waals surface area (Å²) in [6, 6.07) is 5.07. The zero-order valence-corrected chi connectivity index (χ0v) is 16.6. The molecule has 4 rings (SSSR count). The number of halogens is 3. The van der Waals surface area contributed by atoms with Gasteiger partial charge in [0.05, 0.1) is 11.7 Å². The molecule has 1 aliphatic carbocycles. The number of amides is 1. The first-order chi connectivity index (χ1) is 13.1. The zero-order valence-electron chi connectivity index (χ0n) is 15.8. The van der Waals surface area contributed by atoms with Crippen LogP contribution in [0.5, 0.6) is 0 Å². The number of rotatable bonds is 3. The lowest BCUT2D eigenvalue weighted by atomic mass is 9.57. The Morgan fingerprint density at radius 3 is 2.82 bits per heavy atom. The van der Waals surface area contributed by atoms with E-state index in [1.807, 2.05) is 0 Å². The minimum atomic E-state index is -4.41. The zero-order chi connectivity index (χ0) is 20.3. The van der Waals surface area contributed by atoms with E-state index in [1.165, 1.54) is 17.4 Å². The summed E-state index contributed by atoms with van der Waals surface area (Å²) in [5.41, 5.74) is -0.243. The second kappa shape index (κ2) is 6.56. The molecule has 0 bridgehead atoms. The van der Waals surface area contributed by atoms with Gasteiger partial charge in [0, 0.05) is 42.0 Å². The monoisotopic (exact) mass is 410 g/mol. The summed E-state index contributed by atoms with van der Waals surface area (Å²) < 4.78 is 44.6. The molecule has 1 saturated heterocycles. The van der Waals surface area contributed by atoms with Crippen LogP contribution in [-0.2, 0) is 10.9 Å². The first-order valence-electron chi connectivity index (χ1n) is 9.12. The lowest BCUT2D eigenvalue weighted by Crippen LogP contribution is -2.66. The summed E-state index contributed by atoms with van der Waals surface area (Å²) in [4.78, 5) is 19.0. The molecule has 1 aromatic heterocycles. The molecule has 1 amide bonds. The molecule has 1 saturated carbocycles. The van der Waals surface area contributed by atoms with E-state index in [2.05, 4.69) is 18.8 Å². The highest BCUT2D eigenvalue weighted by Crippen LogP contribution is 2.54. The van der Waals surface area contributed by atoms with Crippen molar-refractivity contribution in [1.29, 1.82) is 0 Å². The fraction of sp³-hybridized carbons (Fsp3) is 0.500. The number of fused-ring (bicyclic) bond motifs is 1. The summed E-state index contributed by atoms with van der Waals surface area (Å²) >= 11 is 1.17. The predicted molar refractivity (Wildman–Crippen MR) is 100 cm³/mol. The average molecular weight is 410 g/mol. The van der Waals surface area contributed by atoms with Gasteiger partial charge >= 0.3 is 6.18 Å². The summed E-state index contributed by atoms with van der Waals surface area (Å²) in [5.74, 6) is 0.114. The van der Waals surface area contributed by atoms with Gasteiger partial charge in [0.15, 0.2) is 0 Å². The Hall–Kier alpha value is -1.93. The largest absolute Gasteiger partial charge is 0.416 e. The standard InChI is InChI=1S/C20H21F3N2O2S/c1-19(2)15(13-7-8-27-16(13)19)25(3)18(26)14-10-28-17(24-14)11-5-4-6-12(9-11)20(21,22)23/h4-6,9-10,13,15-16H,7-8H2,1-3H3/t13-,15+,16+/m0/s1.